The number of benzene rings is 1. The van der Waals surface area contributed by atoms with Gasteiger partial charge in [0.05, 0.1) is 25.7 Å². The molecule has 2 fully saturated rings. The van der Waals surface area contributed by atoms with Crippen molar-refractivity contribution in [2.75, 3.05) is 19.8 Å². The van der Waals surface area contributed by atoms with Gasteiger partial charge in [0.15, 0.2) is 6.29 Å². The van der Waals surface area contributed by atoms with Crippen LogP contribution in [0.15, 0.2) is 30.5 Å². The molecule has 0 radical (unpaired) electrons. The Bertz CT molecular complexity index is 690. The molecule has 5 heteroatoms. The van der Waals surface area contributed by atoms with E-state index >= 15 is 0 Å². The number of nitrogens with zero attached hydrogens (tertiary/aromatic N) is 1. The lowest BCUT2D eigenvalue weighted by molar-refractivity contribution is -0.149. The van der Waals surface area contributed by atoms with E-state index in [0.29, 0.717) is 19.6 Å². The molecule has 0 bridgehead atoms. The first kappa shape index (κ1) is 14.7. The number of hydrogen-bond acceptors (Lipinski definition) is 3. The highest BCUT2D eigenvalue weighted by atomic mass is 16.7. The number of piperidine rings is 1. The van der Waals surface area contributed by atoms with Crippen molar-refractivity contribution in [1.29, 1.82) is 0 Å². The average molecular weight is 314 g/mol. The maximum atomic E-state index is 12.9. The molecule has 5 nitrogen and oxygen atoms in total. The lowest BCUT2D eigenvalue weighted by Gasteiger charge is -2.38. The molecule has 122 valence electrons. The van der Waals surface area contributed by atoms with Gasteiger partial charge in [-0.25, -0.2) is 0 Å². The number of fused-ring (bicyclic) bond motifs is 1. The topological polar surface area (TPSA) is 54.6 Å². The number of likely N-dealkylation sites (tertiary alicyclic amines) is 1. The normalized spacial score (nSPS) is 22.8. The molecule has 4 rings (SSSR count). The highest BCUT2D eigenvalue weighted by Gasteiger charge is 2.36. The Morgan fingerprint density at radius 3 is 2.91 bits per heavy atom. The van der Waals surface area contributed by atoms with E-state index < -0.39 is 0 Å². The molecule has 1 N–H and O–H groups in total. The van der Waals surface area contributed by atoms with Crippen LogP contribution in [0.3, 0.4) is 0 Å². The highest BCUT2D eigenvalue weighted by molar-refractivity contribution is 5.89. The molecule has 0 saturated carbocycles. The zero-order chi connectivity index (χ0) is 15.6. The number of carbonyl (C=O) groups is 1. The van der Waals surface area contributed by atoms with Gasteiger partial charge in [-0.2, -0.15) is 0 Å². The number of ether oxygens (including phenoxy) is 2. The van der Waals surface area contributed by atoms with Crippen molar-refractivity contribution >= 4 is 16.8 Å². The van der Waals surface area contributed by atoms with Gasteiger partial charge >= 0.3 is 0 Å². The van der Waals surface area contributed by atoms with Crippen molar-refractivity contribution in [2.24, 2.45) is 0 Å². The number of H-pyrrole nitrogens is 1. The molecule has 1 aromatic carbocycles. The Morgan fingerprint density at radius 2 is 2.04 bits per heavy atom. The monoisotopic (exact) mass is 314 g/mol. The van der Waals surface area contributed by atoms with Crippen LogP contribution < -0.4 is 0 Å². The minimum Gasteiger partial charge on any atom is -0.361 e. The SMILES string of the molecule is O=C(Cc1c[nH]c2ccccc12)N1CCCCC1C1OCCO1. The summed E-state index contributed by atoms with van der Waals surface area (Å²) in [6.45, 7) is 2.06. The molecule has 1 atom stereocenters. The molecular weight excluding hydrogens is 292 g/mol. The molecule has 23 heavy (non-hydrogen) atoms. The zero-order valence-electron chi connectivity index (χ0n) is 13.2. The summed E-state index contributed by atoms with van der Waals surface area (Å²) in [5.74, 6) is 0.165. The van der Waals surface area contributed by atoms with E-state index in [1.54, 1.807) is 0 Å². The van der Waals surface area contributed by atoms with Crippen molar-refractivity contribution in [3.63, 3.8) is 0 Å². The first-order valence-electron chi connectivity index (χ1n) is 8.40. The maximum absolute atomic E-state index is 12.9. The fourth-order valence-electron chi connectivity index (χ4n) is 3.69. The fourth-order valence-corrected chi connectivity index (χ4v) is 3.69. The number of para-hydroxylation sites is 1. The number of amides is 1. The van der Waals surface area contributed by atoms with Crippen LogP contribution in [0.25, 0.3) is 10.9 Å². The van der Waals surface area contributed by atoms with E-state index in [4.69, 9.17) is 9.47 Å². The minimum absolute atomic E-state index is 0.0592. The first-order chi connectivity index (χ1) is 11.3. The van der Waals surface area contributed by atoms with Gasteiger partial charge in [-0.05, 0) is 30.9 Å². The second-order valence-corrected chi connectivity index (χ2v) is 6.30. The summed E-state index contributed by atoms with van der Waals surface area (Å²) in [5, 5.41) is 1.13. The Labute approximate surface area is 135 Å². The smallest absolute Gasteiger partial charge is 0.227 e. The molecule has 0 aliphatic carbocycles. The van der Waals surface area contributed by atoms with Crippen LogP contribution in [-0.2, 0) is 20.7 Å². The second kappa shape index (κ2) is 6.34. The van der Waals surface area contributed by atoms with Gasteiger partial charge in [-0.1, -0.05) is 18.2 Å². The zero-order valence-corrected chi connectivity index (χ0v) is 13.2. The Hall–Kier alpha value is -1.85. The average Bonchev–Trinajstić information content (AvgIpc) is 3.25. The summed E-state index contributed by atoms with van der Waals surface area (Å²) >= 11 is 0. The summed E-state index contributed by atoms with van der Waals surface area (Å²) in [4.78, 5) is 18.1. The maximum Gasteiger partial charge on any atom is 0.227 e. The third-order valence-corrected chi connectivity index (χ3v) is 4.85. The van der Waals surface area contributed by atoms with Crippen LogP contribution in [0.1, 0.15) is 24.8 Å². The molecule has 0 spiro atoms. The Balaban J connectivity index is 1.52. The van der Waals surface area contributed by atoms with Crippen LogP contribution in [0, 0.1) is 0 Å². The molecule has 2 saturated heterocycles. The molecule has 2 aliphatic rings. The van der Waals surface area contributed by atoms with Gasteiger partial charge in [0, 0.05) is 23.6 Å². The van der Waals surface area contributed by atoms with Gasteiger partial charge in [-0.15, -0.1) is 0 Å². The van der Waals surface area contributed by atoms with Gasteiger partial charge < -0.3 is 19.4 Å². The minimum atomic E-state index is -0.248. The van der Waals surface area contributed by atoms with Crippen LogP contribution >= 0.6 is 0 Å². The van der Waals surface area contributed by atoms with Crippen LogP contribution in [0.4, 0.5) is 0 Å². The van der Waals surface area contributed by atoms with Gasteiger partial charge in [-0.3, -0.25) is 4.79 Å². The molecular formula is C18H22N2O3. The van der Waals surface area contributed by atoms with E-state index in [2.05, 4.69) is 11.1 Å². The predicted molar refractivity (Wildman–Crippen MR) is 87.0 cm³/mol. The summed E-state index contributed by atoms with van der Waals surface area (Å²) in [5.41, 5.74) is 2.14. The molecule has 1 aromatic heterocycles. The molecule has 2 aromatic rings. The summed E-state index contributed by atoms with van der Waals surface area (Å²) in [6.07, 6.45) is 5.28. The molecule has 3 heterocycles. The Morgan fingerprint density at radius 1 is 1.22 bits per heavy atom. The van der Waals surface area contributed by atoms with Crippen molar-refractivity contribution in [1.82, 2.24) is 9.88 Å². The van der Waals surface area contributed by atoms with Gasteiger partial charge in [0.25, 0.3) is 0 Å². The summed E-state index contributed by atoms with van der Waals surface area (Å²) < 4.78 is 11.3. The third-order valence-electron chi connectivity index (χ3n) is 4.85. The van der Waals surface area contributed by atoms with Gasteiger partial charge in [0.2, 0.25) is 5.91 Å². The van der Waals surface area contributed by atoms with Crippen molar-refractivity contribution in [2.45, 2.75) is 38.0 Å². The Kier molecular flexibility index (Phi) is 4.06. The summed E-state index contributed by atoms with van der Waals surface area (Å²) in [6, 6.07) is 8.16. The van der Waals surface area contributed by atoms with Crippen LogP contribution in [-0.4, -0.2) is 47.9 Å². The predicted octanol–water partition coefficient (Wildman–Crippen LogP) is 2.46. The van der Waals surface area contributed by atoms with E-state index in [1.807, 2.05) is 29.3 Å². The first-order valence-corrected chi connectivity index (χ1v) is 8.40. The summed E-state index contributed by atoms with van der Waals surface area (Å²) in [7, 11) is 0. The highest BCUT2D eigenvalue weighted by Crippen LogP contribution is 2.26. The van der Waals surface area contributed by atoms with E-state index in [-0.39, 0.29) is 18.2 Å². The van der Waals surface area contributed by atoms with Crippen LogP contribution in [0.2, 0.25) is 0 Å². The molecule has 2 aliphatic heterocycles. The van der Waals surface area contributed by atoms with Crippen molar-refractivity contribution in [3.8, 4) is 0 Å². The van der Waals surface area contributed by atoms with Gasteiger partial charge in [0.1, 0.15) is 0 Å². The third kappa shape index (κ3) is 2.86. The number of aromatic nitrogens is 1. The number of aromatic amines is 1. The molecule has 1 amide bonds. The lowest BCUT2D eigenvalue weighted by atomic mass is 10.00. The molecule has 1 unspecified atom stereocenters. The van der Waals surface area contributed by atoms with Crippen molar-refractivity contribution in [3.05, 3.63) is 36.0 Å². The fraction of sp³-hybridized carbons (Fsp3) is 0.500. The van der Waals surface area contributed by atoms with E-state index in [9.17, 15) is 4.79 Å². The quantitative estimate of drug-likeness (QED) is 0.947. The van der Waals surface area contributed by atoms with Crippen molar-refractivity contribution < 1.29 is 14.3 Å². The van der Waals surface area contributed by atoms with E-state index in [1.165, 1.54) is 0 Å². The number of carbonyl (C=O) groups excluding carboxylic acids is 1. The van der Waals surface area contributed by atoms with Crippen LogP contribution in [0.5, 0.6) is 0 Å². The number of rotatable bonds is 3. The number of nitrogens with one attached hydrogen (secondary N) is 1. The number of hydrogen-bond donors (Lipinski definition) is 1. The largest absolute Gasteiger partial charge is 0.361 e. The standard InChI is InChI=1S/C18H22N2O3/c21-17(11-13-12-19-15-6-2-1-5-14(13)15)20-8-4-3-7-16(20)18-22-9-10-23-18/h1-2,5-6,12,16,18-19H,3-4,7-11H2. The second-order valence-electron chi connectivity index (χ2n) is 6.30. The lowest BCUT2D eigenvalue weighted by Crippen LogP contribution is -2.50. The van der Waals surface area contributed by atoms with E-state index in [0.717, 1.165) is 42.3 Å².